The first-order valence-corrected chi connectivity index (χ1v) is 18.9. The van der Waals surface area contributed by atoms with Crippen molar-refractivity contribution in [2.24, 2.45) is 23.7 Å². The van der Waals surface area contributed by atoms with Crippen LogP contribution in [0, 0.1) is 23.7 Å². The maximum Gasteiger partial charge on any atom is 0.573 e. The number of phenolic OH excluding ortho intramolecular Hbond substituents is 1. The number of carbonyl (C=O) groups is 4. The second-order valence-corrected chi connectivity index (χ2v) is 15.9. The van der Waals surface area contributed by atoms with Gasteiger partial charge in [-0.3, -0.25) is 29.5 Å². The van der Waals surface area contributed by atoms with Gasteiger partial charge in [0, 0.05) is 27.2 Å². The van der Waals surface area contributed by atoms with Gasteiger partial charge in [0.15, 0.2) is 5.82 Å². The van der Waals surface area contributed by atoms with Gasteiger partial charge in [0.2, 0.25) is 11.8 Å². The molecule has 2 aliphatic heterocycles. The first kappa shape index (κ1) is 39.7. The molecule has 19 heteroatoms. The normalized spacial score (nSPS) is 25.7. The number of aromatic nitrogens is 1. The molecule has 4 aromatic rings. The summed E-state index contributed by atoms with van der Waals surface area (Å²) in [7, 11) is 0. The Balaban J connectivity index is 1.33. The number of nitrogens with zero attached hydrogens (tertiary/aromatic N) is 3. The van der Waals surface area contributed by atoms with Gasteiger partial charge in [-0.05, 0) is 85.0 Å². The molecule has 2 N–H and O–H groups in total. The Hall–Kier alpha value is -5.13. The Morgan fingerprint density at radius 3 is 2.21 bits per heavy atom. The average molecular weight is 910 g/mol. The lowest BCUT2D eigenvalue weighted by atomic mass is 9.49. The molecule has 0 radical (unpaired) electrons. The van der Waals surface area contributed by atoms with Crippen LogP contribution in [0.3, 0.4) is 0 Å². The van der Waals surface area contributed by atoms with Gasteiger partial charge in [0.05, 0.1) is 39.4 Å². The molecule has 3 aromatic carbocycles. The highest BCUT2D eigenvalue weighted by molar-refractivity contribution is 9.10. The summed E-state index contributed by atoms with van der Waals surface area (Å²) in [6, 6.07) is 15.3. The van der Waals surface area contributed by atoms with E-state index >= 15 is 4.79 Å². The molecule has 58 heavy (non-hydrogen) atoms. The zero-order valence-electron chi connectivity index (χ0n) is 29.1. The number of phenols is 1. The number of carbonyl (C=O) groups excluding carboxylic acids is 4. The number of ether oxygens (including phenoxy) is 1. The van der Waals surface area contributed by atoms with E-state index in [2.05, 4.69) is 31.1 Å². The van der Waals surface area contributed by atoms with Gasteiger partial charge in [-0.2, -0.15) is 18.2 Å². The minimum atomic E-state index is -5.18. The molecule has 4 amide bonds. The Morgan fingerprint density at radius 1 is 0.879 bits per heavy atom. The highest BCUT2D eigenvalue weighted by Crippen LogP contribution is 2.65. The van der Waals surface area contributed by atoms with Crippen LogP contribution in [0.25, 0.3) is 0 Å². The first-order chi connectivity index (χ1) is 27.3. The summed E-state index contributed by atoms with van der Waals surface area (Å²) in [5.41, 5.74) is -0.501. The average Bonchev–Trinajstić information content (AvgIpc) is 3.53. The van der Waals surface area contributed by atoms with Crippen molar-refractivity contribution in [1.29, 1.82) is 0 Å². The Kier molecular flexibility index (Phi) is 9.59. The number of fused-ring (bicyclic) bond motifs is 4. The van der Waals surface area contributed by atoms with E-state index in [0.717, 1.165) is 23.1 Å². The van der Waals surface area contributed by atoms with Gasteiger partial charge in [-0.15, -0.1) is 13.2 Å². The molecule has 10 nitrogen and oxygen atoms in total. The largest absolute Gasteiger partial charge is 0.573 e. The van der Waals surface area contributed by atoms with Crippen molar-refractivity contribution >= 4 is 74.3 Å². The van der Waals surface area contributed by atoms with Gasteiger partial charge in [-0.25, -0.2) is 4.98 Å². The molecule has 2 saturated heterocycles. The van der Waals surface area contributed by atoms with Gasteiger partial charge in [0.25, 0.3) is 11.8 Å². The van der Waals surface area contributed by atoms with Gasteiger partial charge >= 0.3 is 12.5 Å². The van der Waals surface area contributed by atoms with Crippen LogP contribution in [0.5, 0.6) is 11.5 Å². The number of anilines is 2. The number of benzene rings is 3. The Bertz CT molecular complexity index is 2430. The van der Waals surface area contributed by atoms with Crippen LogP contribution in [-0.2, 0) is 30.8 Å². The standard InChI is InChI=1S/C39H25BrCl2F6N4O6/c40-19-3-7-21(8-4-19)51-33(54)24-11-10-23-25(30(24)35(51)56)15-27-34(55)52(50-32-28(42)13-18(16-49-32)38(43,44)45)36(57)37(27,17-1-5-20(41)6-2-17)31(23)26-14-22(9-12-29(26)53)58-39(46,47)48/h1-10,12-14,16,24-25,27,30-31,53H,11,15H2,(H,49,50). The number of rotatable bonds is 6. The van der Waals surface area contributed by atoms with E-state index < -0.39 is 99.1 Å². The highest BCUT2D eigenvalue weighted by atomic mass is 79.9. The second kappa shape index (κ2) is 14.0. The van der Waals surface area contributed by atoms with E-state index in [1.165, 1.54) is 24.3 Å². The maximum absolute atomic E-state index is 15.3. The zero-order valence-corrected chi connectivity index (χ0v) is 32.2. The molecule has 1 saturated carbocycles. The predicted octanol–water partition coefficient (Wildman–Crippen LogP) is 8.96. The third kappa shape index (κ3) is 6.38. The molecule has 3 fully saturated rings. The van der Waals surface area contributed by atoms with Crippen molar-refractivity contribution < 1.29 is 55.4 Å². The fraction of sp³-hybridized carbons (Fsp3) is 0.256. The number of alkyl halides is 6. The number of amides is 4. The fourth-order valence-corrected chi connectivity index (χ4v) is 9.53. The van der Waals surface area contributed by atoms with E-state index in [4.69, 9.17) is 23.2 Å². The molecule has 3 heterocycles. The van der Waals surface area contributed by atoms with E-state index in [0.29, 0.717) is 21.7 Å². The maximum atomic E-state index is 15.3. The monoisotopic (exact) mass is 908 g/mol. The summed E-state index contributed by atoms with van der Waals surface area (Å²) in [5, 5.41) is 11.6. The van der Waals surface area contributed by atoms with Crippen LogP contribution in [0.4, 0.5) is 37.8 Å². The fourth-order valence-electron chi connectivity index (χ4n) is 8.93. The van der Waals surface area contributed by atoms with Gasteiger partial charge in [0.1, 0.15) is 11.5 Å². The summed E-state index contributed by atoms with van der Waals surface area (Å²) in [5.74, 6) is -11.1. The van der Waals surface area contributed by atoms with Crippen molar-refractivity contribution in [2.45, 2.75) is 36.7 Å². The minimum Gasteiger partial charge on any atom is -0.508 e. The van der Waals surface area contributed by atoms with Crippen LogP contribution in [0.1, 0.15) is 35.4 Å². The number of nitrogens with one attached hydrogen (secondary N) is 1. The predicted molar refractivity (Wildman–Crippen MR) is 198 cm³/mol. The quantitative estimate of drug-likeness (QED) is 0.112. The zero-order chi connectivity index (χ0) is 41.6. The van der Waals surface area contributed by atoms with Crippen LogP contribution in [0.2, 0.25) is 10.0 Å². The van der Waals surface area contributed by atoms with E-state index in [-0.39, 0.29) is 40.3 Å². The van der Waals surface area contributed by atoms with Crippen molar-refractivity contribution in [3.8, 4) is 11.5 Å². The van der Waals surface area contributed by atoms with E-state index in [1.54, 1.807) is 30.3 Å². The highest BCUT2D eigenvalue weighted by Gasteiger charge is 2.71. The number of halogens is 9. The van der Waals surface area contributed by atoms with Crippen LogP contribution >= 0.6 is 39.1 Å². The van der Waals surface area contributed by atoms with Crippen molar-refractivity contribution in [3.05, 3.63) is 122 Å². The smallest absolute Gasteiger partial charge is 0.508 e. The number of pyridine rings is 1. The molecule has 300 valence electrons. The molecule has 2 aliphatic carbocycles. The lowest BCUT2D eigenvalue weighted by Gasteiger charge is -2.50. The SMILES string of the molecule is O=C1C2CC3C(=CCC4C(=O)N(c5ccc(Br)cc5)C(=O)C43)C(c3cc(OC(F)(F)F)ccc3O)C2(c2ccc(Cl)cc2)C(=O)N1Nc1ncc(C(F)(F)F)cc1Cl. The number of imide groups is 2. The molecule has 0 spiro atoms. The molecule has 1 aromatic heterocycles. The van der Waals surface area contributed by atoms with Crippen molar-refractivity contribution in [1.82, 2.24) is 9.99 Å². The number of hydrogen-bond donors (Lipinski definition) is 2. The molecule has 6 unspecified atom stereocenters. The number of aromatic hydroxyl groups is 1. The van der Waals surface area contributed by atoms with Crippen LogP contribution < -0.4 is 15.1 Å². The minimum absolute atomic E-state index is 0.0549. The van der Waals surface area contributed by atoms with E-state index in [9.17, 15) is 45.8 Å². The summed E-state index contributed by atoms with van der Waals surface area (Å²) in [4.78, 5) is 63.3. The molecule has 8 rings (SSSR count). The molecular formula is C39H25BrCl2F6N4O6. The van der Waals surface area contributed by atoms with Gasteiger partial charge in [-0.1, -0.05) is 62.9 Å². The topological polar surface area (TPSA) is 129 Å². The molecule has 0 bridgehead atoms. The molecule has 4 aliphatic rings. The van der Waals surface area contributed by atoms with Crippen LogP contribution in [0.15, 0.2) is 95.1 Å². The Labute approximate surface area is 342 Å². The lowest BCUT2D eigenvalue weighted by molar-refractivity contribution is -0.274. The summed E-state index contributed by atoms with van der Waals surface area (Å²) in [6.45, 7) is 0. The van der Waals surface area contributed by atoms with Crippen molar-refractivity contribution in [2.75, 3.05) is 10.3 Å². The summed E-state index contributed by atoms with van der Waals surface area (Å²) < 4.78 is 86.2. The van der Waals surface area contributed by atoms with Crippen molar-refractivity contribution in [3.63, 3.8) is 0 Å². The van der Waals surface area contributed by atoms with Crippen LogP contribution in [-0.4, -0.2) is 45.1 Å². The third-order valence-electron chi connectivity index (χ3n) is 11.2. The third-order valence-corrected chi connectivity index (χ3v) is 12.3. The lowest BCUT2D eigenvalue weighted by Crippen LogP contribution is -2.53. The first-order valence-electron chi connectivity index (χ1n) is 17.4. The number of hydrazine groups is 1. The summed E-state index contributed by atoms with van der Waals surface area (Å²) >= 11 is 15.8. The molecular weight excluding hydrogens is 885 g/mol. The van der Waals surface area contributed by atoms with E-state index in [1.807, 2.05) is 0 Å². The molecule has 6 atom stereocenters. The number of hydrogen-bond acceptors (Lipinski definition) is 8. The second-order valence-electron chi connectivity index (χ2n) is 14.2. The number of allylic oxidation sites excluding steroid dienone is 2. The van der Waals surface area contributed by atoms with Gasteiger partial charge < -0.3 is 9.84 Å². The summed E-state index contributed by atoms with van der Waals surface area (Å²) in [6.07, 6.45) is -8.29. The Morgan fingerprint density at radius 2 is 1.57 bits per heavy atom.